The Bertz CT molecular complexity index is 3530. The van der Waals surface area contributed by atoms with Gasteiger partial charge in [-0.25, -0.2) is 27.4 Å². The van der Waals surface area contributed by atoms with E-state index in [4.69, 9.17) is 14.4 Å². The number of carbonyl (C=O) groups is 1. The van der Waals surface area contributed by atoms with Gasteiger partial charge in [0.1, 0.15) is 28.7 Å². The van der Waals surface area contributed by atoms with Crippen molar-refractivity contribution in [3.8, 4) is 17.2 Å². The second-order valence-electron chi connectivity index (χ2n) is 20.0. The number of aromatic nitrogens is 9. The number of nitrogens with zero attached hydrogens (tertiary/aromatic N) is 9. The van der Waals surface area contributed by atoms with Gasteiger partial charge in [0, 0.05) is 49.5 Å². The van der Waals surface area contributed by atoms with Crippen molar-refractivity contribution >= 4 is 27.7 Å². The van der Waals surface area contributed by atoms with E-state index < -0.39 is 40.3 Å². The largest absolute Gasteiger partial charge is 0.438 e. The predicted molar refractivity (Wildman–Crippen MR) is 244 cm³/mol. The summed E-state index contributed by atoms with van der Waals surface area (Å²) < 4.78 is 67.2. The zero-order valence-corrected chi connectivity index (χ0v) is 38.4. The first-order chi connectivity index (χ1) is 32.5. The maximum Gasteiger partial charge on any atom is 0.438 e. The molecule has 5 atom stereocenters. The molecule has 3 aliphatic heterocycles. The Morgan fingerprint density at radius 2 is 1.71 bits per heavy atom. The summed E-state index contributed by atoms with van der Waals surface area (Å²) in [7, 11) is 1.71. The van der Waals surface area contributed by atoms with E-state index in [1.54, 1.807) is 71.4 Å². The minimum atomic E-state index is -1.10. The summed E-state index contributed by atoms with van der Waals surface area (Å²) in [5.41, 5.74) is 2.34. The van der Waals surface area contributed by atoms with Crippen molar-refractivity contribution < 1.29 is 27.2 Å². The van der Waals surface area contributed by atoms with E-state index in [1.165, 1.54) is 27.6 Å². The number of ether oxygens (including phenoxy) is 1. The molecule has 3 aromatic carbocycles. The number of amides is 1. The summed E-state index contributed by atoms with van der Waals surface area (Å²) in [5.74, 6) is -2.19. The second-order valence-corrected chi connectivity index (χ2v) is 20.0. The fourth-order valence-corrected chi connectivity index (χ4v) is 11.9. The number of nitrogens with one attached hydrogen (secondary N) is 1. The van der Waals surface area contributed by atoms with E-state index in [2.05, 4.69) is 15.2 Å². The molecule has 350 valence electrons. The molecule has 0 unspecified atom stereocenters. The van der Waals surface area contributed by atoms with Crippen LogP contribution in [-0.2, 0) is 23.7 Å². The minimum Gasteiger partial charge on any atom is -0.376 e. The maximum atomic E-state index is 17.2. The zero-order valence-electron chi connectivity index (χ0n) is 38.4. The van der Waals surface area contributed by atoms with Crippen LogP contribution in [0, 0.1) is 37.2 Å². The van der Waals surface area contributed by atoms with Crippen molar-refractivity contribution in [2.75, 3.05) is 6.61 Å². The van der Waals surface area contributed by atoms with Crippen LogP contribution >= 0.6 is 0 Å². The lowest BCUT2D eigenvalue weighted by molar-refractivity contribution is -0.0593. The van der Waals surface area contributed by atoms with Crippen LogP contribution < -0.4 is 11.4 Å². The molecule has 2 saturated heterocycles. The van der Waals surface area contributed by atoms with Crippen LogP contribution in [0.3, 0.4) is 0 Å². The molecular weight excluding hydrogens is 878 g/mol. The highest BCUT2D eigenvalue weighted by Crippen LogP contribution is 2.57. The molecule has 4 aliphatic rings. The highest BCUT2D eigenvalue weighted by molar-refractivity contribution is 6.00. The molecule has 12 rings (SSSR count). The molecule has 1 amide bonds. The fraction of sp³-hybridized carbons (Fsp3) is 0.400. The molecule has 15 nitrogen and oxygen atoms in total. The van der Waals surface area contributed by atoms with Crippen molar-refractivity contribution in [2.45, 2.75) is 109 Å². The van der Waals surface area contributed by atoms with Gasteiger partial charge in [0.25, 0.3) is 5.91 Å². The van der Waals surface area contributed by atoms with Crippen LogP contribution in [0.15, 0.2) is 75.2 Å². The first-order valence-electron chi connectivity index (χ1n) is 23.2. The minimum absolute atomic E-state index is 0.0253. The quantitative estimate of drug-likeness (QED) is 0.168. The number of H-pyrrole nitrogens is 1. The summed E-state index contributed by atoms with van der Waals surface area (Å²) in [6.07, 6.45) is 8.58. The molecule has 5 aromatic heterocycles. The van der Waals surface area contributed by atoms with Crippen LogP contribution in [0.5, 0.6) is 0 Å². The van der Waals surface area contributed by atoms with Crippen LogP contribution in [0.1, 0.15) is 116 Å². The Hall–Kier alpha value is -6.95. The Balaban J connectivity index is 1.04. The maximum absolute atomic E-state index is 17.2. The number of aromatic amines is 1. The van der Waals surface area contributed by atoms with E-state index in [9.17, 15) is 9.59 Å². The van der Waals surface area contributed by atoms with Gasteiger partial charge in [-0.15, -0.1) is 0 Å². The van der Waals surface area contributed by atoms with E-state index in [0.29, 0.717) is 83.5 Å². The number of piperidine rings is 1. The van der Waals surface area contributed by atoms with Gasteiger partial charge in [0.15, 0.2) is 11.6 Å². The van der Waals surface area contributed by atoms with Gasteiger partial charge >= 0.3 is 11.4 Å². The summed E-state index contributed by atoms with van der Waals surface area (Å²) >= 11 is 0. The normalized spacial score (nSPS) is 23.2. The van der Waals surface area contributed by atoms with Gasteiger partial charge in [-0.05, 0) is 137 Å². The topological polar surface area (TPSA) is 156 Å². The smallest absolute Gasteiger partial charge is 0.376 e. The Morgan fingerprint density at radius 3 is 2.43 bits per heavy atom. The molecule has 3 fully saturated rings. The Labute approximate surface area is 386 Å². The lowest BCUT2D eigenvalue weighted by atomic mass is 9.82. The lowest BCUT2D eigenvalue weighted by Crippen LogP contribution is -2.50. The van der Waals surface area contributed by atoms with Crippen LogP contribution in [0.2, 0.25) is 0 Å². The molecule has 8 heterocycles. The summed E-state index contributed by atoms with van der Waals surface area (Å²) in [6.45, 7) is 9.90. The van der Waals surface area contributed by atoms with Crippen molar-refractivity contribution in [3.05, 3.63) is 139 Å². The molecule has 68 heavy (non-hydrogen) atoms. The van der Waals surface area contributed by atoms with E-state index in [0.717, 1.165) is 18.4 Å². The third-order valence-electron chi connectivity index (χ3n) is 15.3. The summed E-state index contributed by atoms with van der Waals surface area (Å²) in [5, 5.41) is 14.3. The molecule has 8 aromatic rings. The molecule has 1 aliphatic carbocycles. The first-order valence-corrected chi connectivity index (χ1v) is 23.2. The lowest BCUT2D eigenvalue weighted by Gasteiger charge is -2.46. The zero-order chi connectivity index (χ0) is 47.3. The number of hydrogen-bond acceptors (Lipinski definition) is 8. The molecule has 0 spiro atoms. The van der Waals surface area contributed by atoms with Crippen LogP contribution in [0.25, 0.3) is 39.0 Å². The fourth-order valence-electron chi connectivity index (χ4n) is 11.9. The number of hydrogen-bond donors (Lipinski definition) is 1. The third kappa shape index (κ3) is 6.14. The highest BCUT2D eigenvalue weighted by atomic mass is 19.1. The van der Waals surface area contributed by atoms with Crippen molar-refractivity contribution in [1.82, 2.24) is 48.3 Å². The monoisotopic (exact) mass is 926 g/mol. The van der Waals surface area contributed by atoms with Gasteiger partial charge in [0.2, 0.25) is 0 Å². The number of carbonyl (C=O) groups excluding carboxylic acids is 1. The highest BCUT2D eigenvalue weighted by Gasteiger charge is 2.60. The molecule has 1 N–H and O–H groups in total. The van der Waals surface area contributed by atoms with Gasteiger partial charge in [-0.3, -0.25) is 28.1 Å². The second kappa shape index (κ2) is 14.8. The van der Waals surface area contributed by atoms with Gasteiger partial charge in [0.05, 0.1) is 51.3 Å². The number of halogens is 3. The molecule has 1 saturated carbocycles. The average Bonchev–Trinajstić information content (AvgIpc) is 3.93. The van der Waals surface area contributed by atoms with Gasteiger partial charge in [-0.2, -0.15) is 10.2 Å². The van der Waals surface area contributed by atoms with Crippen molar-refractivity contribution in [1.29, 1.82) is 0 Å². The number of aryl methyl sites for hydroxylation is 3. The SMILES string of the molecule is Cc1cc(-n2nc3c(c2-n2ccn(-c4ccc5c(cnn5C)c4F)c2=O)[C@@H]2CCC[C@H](C3)N2C(=O)c2cc3cc([C@@H]4CCOC(C)(C)C4)cc(F)c3n2[C@@]2(c3noc(=O)[nH]3)C[C@@H]2C)cc(C)c1F. The average molecular weight is 927 g/mol. The third-order valence-corrected chi connectivity index (χ3v) is 15.3. The van der Waals surface area contributed by atoms with E-state index in [-0.39, 0.29) is 57.7 Å². The van der Waals surface area contributed by atoms with E-state index >= 15 is 18.0 Å². The first kappa shape index (κ1) is 42.4. The number of rotatable bonds is 7. The molecule has 0 radical (unpaired) electrons. The van der Waals surface area contributed by atoms with Gasteiger partial charge in [-0.1, -0.05) is 12.1 Å². The van der Waals surface area contributed by atoms with Crippen LogP contribution in [-0.4, -0.2) is 72.5 Å². The van der Waals surface area contributed by atoms with Gasteiger partial charge < -0.3 is 14.2 Å². The van der Waals surface area contributed by atoms with E-state index in [1.807, 2.05) is 31.7 Å². The van der Waals surface area contributed by atoms with Crippen molar-refractivity contribution in [2.24, 2.45) is 13.0 Å². The molecular formula is C50H49F3N10O5. The number of fused-ring (bicyclic) bond motifs is 6. The predicted octanol–water partition coefficient (Wildman–Crippen LogP) is 8.11. The number of imidazole rings is 1. The molecule has 2 bridgehead atoms. The summed E-state index contributed by atoms with van der Waals surface area (Å²) in [6, 6.07) is 10.9. The van der Waals surface area contributed by atoms with Crippen LogP contribution in [0.4, 0.5) is 13.2 Å². The Morgan fingerprint density at radius 1 is 0.941 bits per heavy atom. The Kier molecular flexibility index (Phi) is 9.21. The van der Waals surface area contributed by atoms with Crippen molar-refractivity contribution in [3.63, 3.8) is 0 Å². The standard InChI is InChI=1S/C50H49F3N10O5/c1-25-16-32(17-26(2)41(25)52)63-44(60-14-13-59(48(60)66)38-11-10-36-33(42(38)53)24-54-58(36)6)40-35(56-63)21-31-8-7-9-37(40)61(31)45(64)39-20-30-18-29(28-12-15-67-49(4,5)23-28)19-34(51)43(30)62(39)50(22-27(50)3)46-55-47(65)68-57-46/h10-11,13-14,16-20,24,27-28,31,37H,7-9,12,15,21-23H2,1-6H3,(H,55,57,65)/t27-,28+,31+,37-,50-/m0/s1. The number of benzene rings is 3. The summed E-state index contributed by atoms with van der Waals surface area (Å²) in [4.78, 5) is 47.9. The molecule has 18 heteroatoms.